The lowest BCUT2D eigenvalue weighted by Gasteiger charge is -2.32. The highest BCUT2D eigenvalue weighted by Gasteiger charge is 2.35. The first-order valence-electron chi connectivity index (χ1n) is 9.05. The molecule has 2 heterocycles. The van der Waals surface area contributed by atoms with Crippen LogP contribution in [0.15, 0.2) is 57.8 Å². The van der Waals surface area contributed by atoms with Crippen LogP contribution in [0.4, 0.5) is 4.39 Å². The number of carbonyl (C=O) groups is 1. The van der Waals surface area contributed by atoms with Gasteiger partial charge in [0.05, 0.1) is 5.92 Å². The minimum atomic E-state index is -3.70. The van der Waals surface area contributed by atoms with Crippen molar-refractivity contribution in [2.75, 3.05) is 13.1 Å². The van der Waals surface area contributed by atoms with Gasteiger partial charge in [-0.05, 0) is 31.0 Å². The van der Waals surface area contributed by atoms with Crippen LogP contribution >= 0.6 is 0 Å². The summed E-state index contributed by atoms with van der Waals surface area (Å²) in [5.74, 6) is -0.869. The first-order chi connectivity index (χ1) is 13.5. The minimum absolute atomic E-state index is 0.125. The van der Waals surface area contributed by atoms with Crippen LogP contribution in [0, 0.1) is 11.7 Å². The number of halogens is 1. The van der Waals surface area contributed by atoms with Gasteiger partial charge in [-0.25, -0.2) is 4.39 Å². The van der Waals surface area contributed by atoms with Gasteiger partial charge in [0.2, 0.25) is 0 Å². The number of nitrogens with zero attached hydrogens (tertiary/aromatic N) is 2. The zero-order chi connectivity index (χ0) is 19.7. The van der Waals surface area contributed by atoms with Gasteiger partial charge in [-0.15, -0.1) is 4.40 Å². The molecule has 0 unspecified atom stereocenters. The van der Waals surface area contributed by atoms with Crippen molar-refractivity contribution in [3.05, 3.63) is 65.5 Å². The van der Waals surface area contributed by atoms with Gasteiger partial charge in [0.1, 0.15) is 17.3 Å². The molecule has 8 heteroatoms. The van der Waals surface area contributed by atoms with Crippen molar-refractivity contribution in [1.29, 1.82) is 0 Å². The first kappa shape index (κ1) is 18.6. The maximum absolute atomic E-state index is 13.7. The van der Waals surface area contributed by atoms with Crippen molar-refractivity contribution in [3.63, 3.8) is 0 Å². The number of esters is 1. The molecule has 2 aromatic carbocycles. The van der Waals surface area contributed by atoms with Crippen LogP contribution in [0.25, 0.3) is 0 Å². The summed E-state index contributed by atoms with van der Waals surface area (Å²) in [4.78, 5) is 14.5. The molecule has 2 aromatic rings. The van der Waals surface area contributed by atoms with E-state index in [0.29, 0.717) is 42.9 Å². The number of piperidine rings is 1. The largest absolute Gasteiger partial charge is 0.460 e. The number of fused-ring (bicyclic) bond motifs is 1. The summed E-state index contributed by atoms with van der Waals surface area (Å²) in [6.07, 6.45) is 1.34. The molecule has 0 aliphatic carbocycles. The van der Waals surface area contributed by atoms with Crippen LogP contribution in [0.3, 0.4) is 0 Å². The molecule has 2 aliphatic rings. The summed E-state index contributed by atoms with van der Waals surface area (Å²) in [5, 5.41) is 0. The van der Waals surface area contributed by atoms with E-state index >= 15 is 0 Å². The second-order valence-electron chi connectivity index (χ2n) is 6.87. The lowest BCUT2D eigenvalue weighted by atomic mass is 9.97. The Morgan fingerprint density at radius 1 is 1.18 bits per heavy atom. The van der Waals surface area contributed by atoms with E-state index in [1.54, 1.807) is 36.4 Å². The van der Waals surface area contributed by atoms with Gasteiger partial charge in [-0.3, -0.25) is 4.79 Å². The van der Waals surface area contributed by atoms with Crippen LogP contribution in [0.5, 0.6) is 0 Å². The lowest BCUT2D eigenvalue weighted by Crippen LogP contribution is -2.42. The number of amidine groups is 1. The van der Waals surface area contributed by atoms with Crippen LogP contribution < -0.4 is 0 Å². The molecular formula is C20H19FN2O4S. The molecule has 6 nitrogen and oxygen atoms in total. The molecule has 0 amide bonds. The van der Waals surface area contributed by atoms with Crippen LogP contribution in [-0.2, 0) is 26.2 Å². The highest BCUT2D eigenvalue weighted by Crippen LogP contribution is 2.30. The SMILES string of the molecule is O=C(OCc1ccccc1F)[C@H]1CCCN(C2=NS(=O)(=O)c3ccccc32)C1. The van der Waals surface area contributed by atoms with E-state index in [2.05, 4.69) is 4.40 Å². The Labute approximate surface area is 162 Å². The van der Waals surface area contributed by atoms with Gasteiger partial charge in [0, 0.05) is 24.2 Å². The van der Waals surface area contributed by atoms with Crippen LogP contribution in [0.2, 0.25) is 0 Å². The molecule has 0 N–H and O–H groups in total. The fraction of sp³-hybridized carbons (Fsp3) is 0.300. The number of ether oxygens (including phenoxy) is 1. The highest BCUT2D eigenvalue weighted by molar-refractivity contribution is 7.90. The molecule has 0 radical (unpaired) electrons. The highest BCUT2D eigenvalue weighted by atomic mass is 32.2. The number of rotatable bonds is 3. The van der Waals surface area contributed by atoms with Crippen molar-refractivity contribution in [1.82, 2.24) is 4.90 Å². The van der Waals surface area contributed by atoms with E-state index in [4.69, 9.17) is 4.74 Å². The summed E-state index contributed by atoms with van der Waals surface area (Å²) in [7, 11) is -3.70. The van der Waals surface area contributed by atoms with Crippen molar-refractivity contribution in [2.24, 2.45) is 10.3 Å². The number of hydrogen-bond acceptors (Lipinski definition) is 5. The summed E-state index contributed by atoms with van der Waals surface area (Å²) in [5.41, 5.74) is 0.881. The molecule has 146 valence electrons. The monoisotopic (exact) mass is 402 g/mol. The molecule has 4 rings (SSSR count). The summed E-state index contributed by atoms with van der Waals surface area (Å²) >= 11 is 0. The maximum Gasteiger partial charge on any atom is 0.311 e. The molecule has 0 bridgehead atoms. The molecule has 1 atom stereocenters. The second kappa shape index (κ2) is 7.35. The van der Waals surface area contributed by atoms with E-state index < -0.39 is 27.7 Å². The van der Waals surface area contributed by atoms with Gasteiger partial charge >= 0.3 is 5.97 Å². The smallest absolute Gasteiger partial charge is 0.311 e. The minimum Gasteiger partial charge on any atom is -0.460 e. The van der Waals surface area contributed by atoms with Crippen LogP contribution in [-0.4, -0.2) is 38.2 Å². The standard InChI is InChI=1S/C20H19FN2O4S/c21-17-9-3-1-6-15(17)13-27-20(24)14-7-5-11-23(12-14)19-16-8-2-4-10-18(16)28(25,26)22-19/h1-4,6,8-10,14H,5,7,11-13H2/t14-/m0/s1. The van der Waals surface area contributed by atoms with Crippen molar-refractivity contribution in [3.8, 4) is 0 Å². The van der Waals surface area contributed by atoms with Gasteiger partial charge in [0.25, 0.3) is 10.0 Å². The van der Waals surface area contributed by atoms with Crippen LogP contribution in [0.1, 0.15) is 24.0 Å². The van der Waals surface area contributed by atoms with E-state index in [1.807, 2.05) is 4.90 Å². The molecular weight excluding hydrogens is 383 g/mol. The molecule has 2 aliphatic heterocycles. The number of likely N-dealkylation sites (tertiary alicyclic amines) is 1. The zero-order valence-corrected chi connectivity index (χ0v) is 15.9. The third kappa shape index (κ3) is 3.52. The topological polar surface area (TPSA) is 76.0 Å². The number of hydrogen-bond donors (Lipinski definition) is 0. The fourth-order valence-electron chi connectivity index (χ4n) is 3.56. The fourth-order valence-corrected chi connectivity index (χ4v) is 4.79. The van der Waals surface area contributed by atoms with Crippen molar-refractivity contribution < 1.29 is 22.3 Å². The Morgan fingerprint density at radius 3 is 2.75 bits per heavy atom. The molecule has 1 fully saturated rings. The first-order valence-corrected chi connectivity index (χ1v) is 10.5. The number of sulfonamides is 1. The average molecular weight is 402 g/mol. The molecule has 28 heavy (non-hydrogen) atoms. The van der Waals surface area contributed by atoms with Gasteiger partial charge in [-0.1, -0.05) is 30.3 Å². The number of carbonyl (C=O) groups excluding carboxylic acids is 1. The Morgan fingerprint density at radius 2 is 1.93 bits per heavy atom. The third-order valence-electron chi connectivity index (χ3n) is 4.99. The van der Waals surface area contributed by atoms with Gasteiger partial charge in [0.15, 0.2) is 5.84 Å². The Hall–Kier alpha value is -2.74. The number of benzene rings is 2. The summed E-state index contributed by atoms with van der Waals surface area (Å²) < 4.78 is 47.5. The van der Waals surface area contributed by atoms with Crippen molar-refractivity contribution in [2.45, 2.75) is 24.3 Å². The third-order valence-corrected chi connectivity index (χ3v) is 6.32. The molecule has 0 spiro atoms. The Bertz CT molecular complexity index is 1050. The average Bonchev–Trinajstić information content (AvgIpc) is 2.99. The van der Waals surface area contributed by atoms with E-state index in [9.17, 15) is 17.6 Å². The van der Waals surface area contributed by atoms with E-state index in [1.165, 1.54) is 12.1 Å². The predicted molar refractivity (Wildman–Crippen MR) is 101 cm³/mol. The zero-order valence-electron chi connectivity index (χ0n) is 15.0. The Balaban J connectivity index is 1.47. The normalized spacial score (nSPS) is 20.4. The quantitative estimate of drug-likeness (QED) is 0.738. The van der Waals surface area contributed by atoms with E-state index in [0.717, 1.165) is 0 Å². The van der Waals surface area contributed by atoms with Gasteiger partial charge in [-0.2, -0.15) is 8.42 Å². The molecule has 0 aromatic heterocycles. The summed E-state index contributed by atoms with van der Waals surface area (Å²) in [6, 6.07) is 12.8. The molecule has 0 saturated carbocycles. The maximum atomic E-state index is 13.7. The summed E-state index contributed by atoms with van der Waals surface area (Å²) in [6.45, 7) is 0.804. The van der Waals surface area contributed by atoms with E-state index in [-0.39, 0.29) is 11.5 Å². The molecule has 1 saturated heterocycles. The van der Waals surface area contributed by atoms with Crippen molar-refractivity contribution >= 4 is 21.8 Å². The predicted octanol–water partition coefficient (Wildman–Crippen LogP) is 2.73. The second-order valence-corrected chi connectivity index (χ2v) is 8.44. The lowest BCUT2D eigenvalue weighted by molar-refractivity contribution is -0.151. The Kier molecular flexibility index (Phi) is 4.89. The van der Waals surface area contributed by atoms with Gasteiger partial charge < -0.3 is 9.64 Å².